The maximum Gasteiger partial charge on any atom is 0.302 e. The number of carbonyl (C=O) groups excluding carboxylic acids is 1. The van der Waals surface area contributed by atoms with Crippen LogP contribution in [-0.4, -0.2) is 47.6 Å². The summed E-state index contributed by atoms with van der Waals surface area (Å²) in [4.78, 5) is 11.9. The zero-order chi connectivity index (χ0) is 24.5. The van der Waals surface area contributed by atoms with Crippen molar-refractivity contribution in [3.8, 4) is 0 Å². The van der Waals surface area contributed by atoms with Crippen molar-refractivity contribution in [2.45, 2.75) is 115 Å². The summed E-state index contributed by atoms with van der Waals surface area (Å²) in [5.74, 6) is 3.51. The van der Waals surface area contributed by atoms with Gasteiger partial charge in [0.1, 0.15) is 6.10 Å². The van der Waals surface area contributed by atoms with Gasteiger partial charge in [0.05, 0.1) is 29.7 Å². The Morgan fingerprint density at radius 1 is 1.06 bits per heavy atom. The van der Waals surface area contributed by atoms with E-state index in [1.54, 1.807) is 6.92 Å². The van der Waals surface area contributed by atoms with Crippen LogP contribution < -0.4 is 0 Å². The first-order chi connectivity index (χ1) is 16.6. The molecule has 0 aromatic rings. The number of ether oxygens (including phenoxy) is 4. The Bertz CT molecular complexity index is 912. The Morgan fingerprint density at radius 3 is 2.60 bits per heavy atom. The third kappa shape index (κ3) is 3.06. The van der Waals surface area contributed by atoms with Crippen LogP contribution in [0.1, 0.15) is 79.6 Å². The van der Waals surface area contributed by atoms with E-state index in [0.717, 1.165) is 44.6 Å². The largest absolute Gasteiger partial charge is 0.463 e. The van der Waals surface area contributed by atoms with Gasteiger partial charge >= 0.3 is 5.97 Å². The second kappa shape index (κ2) is 7.70. The average Bonchev–Trinajstić information content (AvgIpc) is 3.46. The number of epoxide rings is 1. The van der Waals surface area contributed by atoms with E-state index in [1.165, 1.54) is 12.8 Å². The fourth-order valence-electron chi connectivity index (χ4n) is 11.0. The third-order valence-electron chi connectivity index (χ3n) is 12.5. The molecule has 3 aliphatic heterocycles. The van der Waals surface area contributed by atoms with Gasteiger partial charge in [0.2, 0.25) is 0 Å². The first-order valence-corrected chi connectivity index (χ1v) is 15.3. The minimum Gasteiger partial charge on any atom is -0.463 e. The van der Waals surface area contributed by atoms with Crippen molar-refractivity contribution in [1.82, 2.24) is 0 Å². The second-order valence-electron chi connectivity index (χ2n) is 14.0. The summed E-state index contributed by atoms with van der Waals surface area (Å²) in [6, 6.07) is 0. The lowest BCUT2D eigenvalue weighted by Gasteiger charge is -2.59. The van der Waals surface area contributed by atoms with E-state index in [9.17, 15) is 4.79 Å². The number of fused-ring (bicyclic) bond motifs is 10. The van der Waals surface area contributed by atoms with E-state index in [0.29, 0.717) is 53.1 Å². The first kappa shape index (κ1) is 23.9. The molecule has 1 spiro atoms. The molecule has 15 atom stereocenters. The molecule has 0 amide bonds. The number of carbonyl (C=O) groups is 1. The molecule has 35 heavy (non-hydrogen) atoms. The Kier molecular flexibility index (Phi) is 5.26. The molecular weight excluding hydrogens is 508 g/mol. The zero-order valence-electron chi connectivity index (χ0n) is 22.0. The van der Waals surface area contributed by atoms with Crippen molar-refractivity contribution < 1.29 is 23.7 Å². The monoisotopic (exact) mass is 550 g/mol. The molecule has 7 fully saturated rings. The second-order valence-corrected chi connectivity index (χ2v) is 15.1. The number of rotatable bonds is 1. The van der Waals surface area contributed by atoms with Crippen molar-refractivity contribution in [2.24, 2.45) is 52.3 Å². The van der Waals surface area contributed by atoms with Gasteiger partial charge in [-0.25, -0.2) is 0 Å². The van der Waals surface area contributed by atoms with Gasteiger partial charge in [0, 0.05) is 24.2 Å². The van der Waals surface area contributed by atoms with Gasteiger partial charge < -0.3 is 18.9 Å². The van der Waals surface area contributed by atoms with E-state index in [1.807, 2.05) is 0 Å². The summed E-state index contributed by atoms with van der Waals surface area (Å²) in [5.41, 5.74) is 0.478. The van der Waals surface area contributed by atoms with Crippen molar-refractivity contribution in [3.05, 3.63) is 0 Å². The molecule has 6 heteroatoms. The molecule has 7 aliphatic rings. The Balaban J connectivity index is 1.16. The molecule has 3 heterocycles. The SMILES string of the molecule is CC(=O)O[C@H]1CC[C@@]2(C)[C@@H](CC[C@@H]3[C@@H]2[C@@H]2O[C@H]2[C@]2(C)[C@@H]4[C@H](C[C@@H]32)O[C@@]2(OC[C@@H](C)C[C@H]2Br)[C@H]4C)C1. The van der Waals surface area contributed by atoms with Crippen molar-refractivity contribution >= 4 is 21.9 Å². The molecule has 0 N–H and O–H groups in total. The molecule has 0 radical (unpaired) electrons. The lowest BCUT2D eigenvalue weighted by Crippen LogP contribution is -2.59. The minimum atomic E-state index is -0.476. The van der Waals surface area contributed by atoms with Crippen LogP contribution in [0.4, 0.5) is 0 Å². The van der Waals surface area contributed by atoms with Gasteiger partial charge in [0.15, 0.2) is 5.79 Å². The molecule has 4 saturated carbocycles. The molecular formula is C29H43BrO5. The smallest absolute Gasteiger partial charge is 0.302 e. The number of hydrogen-bond acceptors (Lipinski definition) is 5. The predicted molar refractivity (Wildman–Crippen MR) is 135 cm³/mol. The Hall–Kier alpha value is -0.170. The molecule has 7 rings (SSSR count). The van der Waals surface area contributed by atoms with Crippen LogP contribution in [0, 0.1) is 52.3 Å². The summed E-state index contributed by atoms with van der Waals surface area (Å²) in [6.07, 6.45) is 9.19. The van der Waals surface area contributed by atoms with E-state index >= 15 is 0 Å². The van der Waals surface area contributed by atoms with Crippen molar-refractivity contribution in [2.75, 3.05) is 6.61 Å². The average molecular weight is 552 g/mol. The van der Waals surface area contributed by atoms with Crippen LogP contribution in [0.25, 0.3) is 0 Å². The minimum absolute atomic E-state index is 0.110. The van der Waals surface area contributed by atoms with E-state index < -0.39 is 5.79 Å². The van der Waals surface area contributed by atoms with Gasteiger partial charge in [0.25, 0.3) is 0 Å². The highest BCUT2D eigenvalue weighted by atomic mass is 79.9. The van der Waals surface area contributed by atoms with Crippen LogP contribution in [0.2, 0.25) is 0 Å². The summed E-state index contributed by atoms with van der Waals surface area (Å²) in [5, 5.41) is 0. The predicted octanol–water partition coefficient (Wildman–Crippen LogP) is 5.73. The van der Waals surface area contributed by atoms with Crippen LogP contribution in [0.15, 0.2) is 0 Å². The molecule has 0 bridgehead atoms. The molecule has 0 unspecified atom stereocenters. The molecule has 196 valence electrons. The topological polar surface area (TPSA) is 57.3 Å². The Labute approximate surface area is 218 Å². The molecule has 5 nitrogen and oxygen atoms in total. The third-order valence-corrected chi connectivity index (χ3v) is 13.5. The quantitative estimate of drug-likeness (QED) is 0.237. The fraction of sp³-hybridized carbons (Fsp3) is 0.966. The van der Waals surface area contributed by atoms with E-state index in [4.69, 9.17) is 18.9 Å². The van der Waals surface area contributed by atoms with Gasteiger partial charge in [-0.05, 0) is 80.0 Å². The van der Waals surface area contributed by atoms with Crippen LogP contribution in [-0.2, 0) is 23.7 Å². The van der Waals surface area contributed by atoms with Crippen LogP contribution in [0.5, 0.6) is 0 Å². The maximum absolute atomic E-state index is 11.6. The highest BCUT2D eigenvalue weighted by molar-refractivity contribution is 9.09. The molecule has 4 aliphatic carbocycles. The Morgan fingerprint density at radius 2 is 1.86 bits per heavy atom. The first-order valence-electron chi connectivity index (χ1n) is 14.4. The van der Waals surface area contributed by atoms with Gasteiger partial charge in [-0.1, -0.05) is 43.6 Å². The van der Waals surface area contributed by atoms with Crippen LogP contribution in [0.3, 0.4) is 0 Å². The number of halogens is 1. The van der Waals surface area contributed by atoms with Crippen molar-refractivity contribution in [1.29, 1.82) is 0 Å². The van der Waals surface area contributed by atoms with E-state index in [-0.39, 0.29) is 28.4 Å². The number of hydrogen-bond donors (Lipinski definition) is 0. The number of esters is 1. The summed E-state index contributed by atoms with van der Waals surface area (Å²) < 4.78 is 26.0. The normalized spacial score (nSPS) is 62.3. The molecule has 0 aromatic heterocycles. The zero-order valence-corrected chi connectivity index (χ0v) is 23.6. The van der Waals surface area contributed by atoms with Crippen LogP contribution >= 0.6 is 15.9 Å². The standard InChI is InChI=1S/C29H43BrO5/c1-14-10-22(30)29(32-13-14)15(2)23-21(35-29)12-20-19-7-6-17-11-18(33-16(3)31)8-9-27(17,4)24(19)25-26(34-25)28(20,23)5/h14-15,17-26H,6-13H2,1-5H3/t14-,15-,17-,18-,19-,20-,21-,22+,23-,24+,25-,26+,27-,28-,29-/m0/s1. The molecule has 3 saturated heterocycles. The van der Waals surface area contributed by atoms with Gasteiger partial charge in [-0.3, -0.25) is 4.79 Å². The lowest BCUT2D eigenvalue weighted by molar-refractivity contribution is -0.267. The summed E-state index contributed by atoms with van der Waals surface area (Å²) in [6.45, 7) is 12.1. The lowest BCUT2D eigenvalue weighted by atomic mass is 9.44. The molecule has 0 aromatic carbocycles. The number of alkyl halides is 1. The van der Waals surface area contributed by atoms with E-state index in [2.05, 4.69) is 43.6 Å². The van der Waals surface area contributed by atoms with Gasteiger partial charge in [-0.2, -0.15) is 0 Å². The maximum atomic E-state index is 11.6. The summed E-state index contributed by atoms with van der Waals surface area (Å²) in [7, 11) is 0. The fourth-order valence-corrected chi connectivity index (χ4v) is 12.3. The highest BCUT2D eigenvalue weighted by Gasteiger charge is 2.78. The highest BCUT2D eigenvalue weighted by Crippen LogP contribution is 2.75. The van der Waals surface area contributed by atoms with Crippen molar-refractivity contribution in [3.63, 3.8) is 0 Å². The summed E-state index contributed by atoms with van der Waals surface area (Å²) >= 11 is 4.00. The van der Waals surface area contributed by atoms with Gasteiger partial charge in [-0.15, -0.1) is 0 Å².